The van der Waals surface area contributed by atoms with Crippen molar-refractivity contribution in [3.8, 4) is 0 Å². The lowest BCUT2D eigenvalue weighted by atomic mass is 10.2. The number of nitrogens with zero attached hydrogens (tertiary/aromatic N) is 2. The minimum Gasteiger partial charge on any atom is -0.378 e. The van der Waals surface area contributed by atoms with E-state index in [1.165, 1.54) is 4.31 Å². The summed E-state index contributed by atoms with van der Waals surface area (Å²) in [6.07, 6.45) is 1.91. The first-order valence-corrected chi connectivity index (χ1v) is 11.6. The molecule has 2 aromatic carbocycles. The zero-order valence-electron chi connectivity index (χ0n) is 17.3. The highest BCUT2D eigenvalue weighted by atomic mass is 32.2. The Bertz CT molecular complexity index is 1030. The molecular formula is C22H27N3O4S. The Labute approximate surface area is 177 Å². The quantitative estimate of drug-likeness (QED) is 0.732. The van der Waals surface area contributed by atoms with E-state index < -0.39 is 10.0 Å². The van der Waals surface area contributed by atoms with Crippen molar-refractivity contribution in [1.82, 2.24) is 4.31 Å². The molecule has 8 heteroatoms. The van der Waals surface area contributed by atoms with E-state index in [-0.39, 0.29) is 29.9 Å². The summed E-state index contributed by atoms with van der Waals surface area (Å²) in [5.74, 6) is -0.114. The number of sulfonamides is 1. The van der Waals surface area contributed by atoms with Gasteiger partial charge in [-0.3, -0.25) is 4.79 Å². The van der Waals surface area contributed by atoms with E-state index in [1.807, 2.05) is 43.3 Å². The molecular weight excluding hydrogens is 402 g/mol. The molecule has 0 spiro atoms. The molecule has 1 N–H and O–H groups in total. The van der Waals surface area contributed by atoms with Crippen LogP contribution in [-0.4, -0.2) is 52.0 Å². The average molecular weight is 430 g/mol. The fraction of sp³-hybridized carbons (Fsp3) is 0.409. The summed E-state index contributed by atoms with van der Waals surface area (Å²) in [5.41, 5.74) is 3.38. The monoisotopic (exact) mass is 429 g/mol. The van der Waals surface area contributed by atoms with Crippen LogP contribution in [0.1, 0.15) is 24.0 Å². The number of amides is 1. The second kappa shape index (κ2) is 8.37. The maximum atomic E-state index is 13.5. The van der Waals surface area contributed by atoms with E-state index in [1.54, 1.807) is 18.2 Å². The molecule has 0 aliphatic carbocycles. The lowest BCUT2D eigenvalue weighted by Crippen LogP contribution is -2.37. The first-order valence-electron chi connectivity index (χ1n) is 10.1. The van der Waals surface area contributed by atoms with Crippen molar-refractivity contribution in [3.63, 3.8) is 0 Å². The Morgan fingerprint density at radius 3 is 2.57 bits per heavy atom. The lowest BCUT2D eigenvalue weighted by molar-refractivity contribution is -0.115. The van der Waals surface area contributed by atoms with Crippen molar-refractivity contribution >= 4 is 27.3 Å². The smallest absolute Gasteiger partial charge is 0.243 e. The van der Waals surface area contributed by atoms with Gasteiger partial charge in [0.2, 0.25) is 15.9 Å². The van der Waals surface area contributed by atoms with Gasteiger partial charge < -0.3 is 15.0 Å². The summed E-state index contributed by atoms with van der Waals surface area (Å²) in [5, 5.41) is 2.75. The molecule has 4 rings (SSSR count). The SMILES string of the molecule is CN(C)c1ccc(CN(C[C@@H]2CCCO2)S(=O)(=O)c2ccc3c(c2)CC(=O)N3)cc1. The summed E-state index contributed by atoms with van der Waals surface area (Å²) >= 11 is 0. The number of ether oxygens (including phenoxy) is 1. The van der Waals surface area contributed by atoms with E-state index in [9.17, 15) is 13.2 Å². The highest BCUT2D eigenvalue weighted by molar-refractivity contribution is 7.89. The van der Waals surface area contributed by atoms with Crippen molar-refractivity contribution in [1.29, 1.82) is 0 Å². The van der Waals surface area contributed by atoms with Gasteiger partial charge >= 0.3 is 0 Å². The van der Waals surface area contributed by atoms with Crippen LogP contribution in [-0.2, 0) is 32.5 Å². The number of benzene rings is 2. The van der Waals surface area contributed by atoms with Crippen LogP contribution in [0.15, 0.2) is 47.4 Å². The number of nitrogens with one attached hydrogen (secondary N) is 1. The van der Waals surface area contributed by atoms with Crippen LogP contribution in [0.25, 0.3) is 0 Å². The first-order chi connectivity index (χ1) is 14.3. The van der Waals surface area contributed by atoms with Crippen molar-refractivity contribution in [3.05, 3.63) is 53.6 Å². The molecule has 30 heavy (non-hydrogen) atoms. The van der Waals surface area contributed by atoms with Gasteiger partial charge in [-0.2, -0.15) is 4.31 Å². The summed E-state index contributed by atoms with van der Waals surface area (Å²) in [6, 6.07) is 12.7. The molecule has 1 fully saturated rings. The highest BCUT2D eigenvalue weighted by Crippen LogP contribution is 2.29. The predicted molar refractivity (Wildman–Crippen MR) is 116 cm³/mol. The van der Waals surface area contributed by atoms with E-state index in [4.69, 9.17) is 4.74 Å². The number of hydrogen-bond donors (Lipinski definition) is 1. The van der Waals surface area contributed by atoms with Crippen LogP contribution < -0.4 is 10.2 Å². The first kappa shape index (κ1) is 20.8. The van der Waals surface area contributed by atoms with Crippen LogP contribution in [0.5, 0.6) is 0 Å². The standard InChI is InChI=1S/C22H27N3O4S/c1-24(2)18-7-5-16(6-8-18)14-25(15-19-4-3-11-29-19)30(27,28)20-9-10-21-17(12-20)13-22(26)23-21/h5-10,12,19H,3-4,11,13-15H2,1-2H3,(H,23,26)/t19-/m0/s1. The van der Waals surface area contributed by atoms with Gasteiger partial charge in [0.1, 0.15) is 0 Å². The molecule has 0 saturated carbocycles. The second-order valence-corrected chi connectivity index (χ2v) is 9.98. The molecule has 2 aliphatic heterocycles. The van der Waals surface area contributed by atoms with Crippen molar-refractivity contribution < 1.29 is 17.9 Å². The maximum absolute atomic E-state index is 13.5. The van der Waals surface area contributed by atoms with Gasteiger partial charge in [-0.25, -0.2) is 8.42 Å². The lowest BCUT2D eigenvalue weighted by Gasteiger charge is -2.25. The van der Waals surface area contributed by atoms with Crippen molar-refractivity contribution in [2.24, 2.45) is 0 Å². The van der Waals surface area contributed by atoms with Crippen LogP contribution in [0, 0.1) is 0 Å². The third-order valence-corrected chi connectivity index (χ3v) is 7.39. The highest BCUT2D eigenvalue weighted by Gasteiger charge is 2.30. The number of carbonyl (C=O) groups excluding carboxylic acids is 1. The maximum Gasteiger partial charge on any atom is 0.243 e. The van der Waals surface area contributed by atoms with Crippen molar-refractivity contribution in [2.45, 2.75) is 36.8 Å². The molecule has 160 valence electrons. The van der Waals surface area contributed by atoms with E-state index in [0.717, 1.165) is 24.1 Å². The Balaban J connectivity index is 1.62. The van der Waals surface area contributed by atoms with Crippen molar-refractivity contribution in [2.75, 3.05) is 37.5 Å². The van der Waals surface area contributed by atoms with Gasteiger partial charge in [0.15, 0.2) is 0 Å². The van der Waals surface area contributed by atoms with Crippen LogP contribution in [0.3, 0.4) is 0 Å². The molecule has 2 aliphatic rings. The fourth-order valence-corrected chi connectivity index (χ4v) is 5.39. The third kappa shape index (κ3) is 4.35. The predicted octanol–water partition coefficient (Wildman–Crippen LogP) is 2.62. The molecule has 0 bridgehead atoms. The number of anilines is 2. The number of hydrogen-bond acceptors (Lipinski definition) is 5. The van der Waals surface area contributed by atoms with Gasteiger partial charge in [0.25, 0.3) is 0 Å². The summed E-state index contributed by atoms with van der Waals surface area (Å²) < 4.78 is 34.3. The largest absolute Gasteiger partial charge is 0.378 e. The molecule has 0 radical (unpaired) electrons. The Hall–Kier alpha value is -2.42. The molecule has 1 amide bonds. The van der Waals surface area contributed by atoms with Gasteiger partial charge in [-0.05, 0) is 54.3 Å². The molecule has 0 unspecified atom stereocenters. The summed E-state index contributed by atoms with van der Waals surface area (Å²) in [6.45, 7) is 1.25. The van der Waals surface area contributed by atoms with Gasteiger partial charge in [0, 0.05) is 45.2 Å². The minimum atomic E-state index is -3.75. The van der Waals surface area contributed by atoms with E-state index >= 15 is 0 Å². The number of rotatable bonds is 7. The van der Waals surface area contributed by atoms with Gasteiger partial charge in [-0.1, -0.05) is 12.1 Å². The van der Waals surface area contributed by atoms with Crippen LogP contribution in [0.4, 0.5) is 11.4 Å². The number of carbonyl (C=O) groups is 1. The zero-order valence-corrected chi connectivity index (χ0v) is 18.1. The van der Waals surface area contributed by atoms with Gasteiger partial charge in [-0.15, -0.1) is 0 Å². The Kier molecular flexibility index (Phi) is 5.81. The topological polar surface area (TPSA) is 79.0 Å². The molecule has 2 heterocycles. The van der Waals surface area contributed by atoms with E-state index in [2.05, 4.69) is 5.32 Å². The molecule has 2 aromatic rings. The summed E-state index contributed by atoms with van der Waals surface area (Å²) in [7, 11) is 0.189. The average Bonchev–Trinajstić information content (AvgIpc) is 3.35. The second-order valence-electron chi connectivity index (χ2n) is 8.04. The molecule has 0 aromatic heterocycles. The normalized spacial score (nSPS) is 18.5. The third-order valence-electron chi connectivity index (χ3n) is 5.58. The minimum absolute atomic E-state index is 0.0986. The molecule has 1 saturated heterocycles. The summed E-state index contributed by atoms with van der Waals surface area (Å²) in [4.78, 5) is 13.9. The fourth-order valence-electron chi connectivity index (χ4n) is 3.88. The Morgan fingerprint density at radius 2 is 1.90 bits per heavy atom. The van der Waals surface area contributed by atoms with Crippen LogP contribution in [0.2, 0.25) is 0 Å². The Morgan fingerprint density at radius 1 is 1.13 bits per heavy atom. The van der Waals surface area contributed by atoms with E-state index in [0.29, 0.717) is 24.4 Å². The van der Waals surface area contributed by atoms with Crippen LogP contribution >= 0.6 is 0 Å². The molecule has 7 nitrogen and oxygen atoms in total. The van der Waals surface area contributed by atoms with Gasteiger partial charge in [0.05, 0.1) is 17.4 Å². The number of fused-ring (bicyclic) bond motifs is 1. The molecule has 1 atom stereocenters. The zero-order chi connectivity index (χ0) is 21.3.